The molecule has 1 aromatic heterocycles. The van der Waals surface area contributed by atoms with E-state index in [9.17, 15) is 14.4 Å². The molecule has 0 spiro atoms. The van der Waals surface area contributed by atoms with Gasteiger partial charge in [-0.25, -0.2) is 0 Å². The van der Waals surface area contributed by atoms with Crippen LogP contribution in [0, 0.1) is 23.2 Å². The second kappa shape index (κ2) is 8.91. The minimum absolute atomic E-state index is 0.0439. The Morgan fingerprint density at radius 1 is 0.944 bits per heavy atom. The van der Waals surface area contributed by atoms with Crippen molar-refractivity contribution >= 4 is 28.5 Å². The summed E-state index contributed by atoms with van der Waals surface area (Å²) in [6, 6.07) is 14.7. The van der Waals surface area contributed by atoms with Gasteiger partial charge in [-0.2, -0.15) is 0 Å². The van der Waals surface area contributed by atoms with Crippen LogP contribution in [0.15, 0.2) is 58.1 Å². The first kappa shape index (κ1) is 23.5. The van der Waals surface area contributed by atoms with Gasteiger partial charge in [0.1, 0.15) is 6.54 Å². The predicted molar refractivity (Wildman–Crippen MR) is 141 cm³/mol. The van der Waals surface area contributed by atoms with Gasteiger partial charge in [0, 0.05) is 11.1 Å². The van der Waals surface area contributed by atoms with Crippen molar-refractivity contribution in [2.75, 3.05) is 0 Å². The molecule has 188 valence electrons. The first-order chi connectivity index (χ1) is 17.3. The zero-order valence-corrected chi connectivity index (χ0v) is 21.3. The molecule has 4 aliphatic carbocycles. The zero-order chi connectivity index (χ0) is 25.0. The van der Waals surface area contributed by atoms with E-state index in [1.54, 1.807) is 18.2 Å². The van der Waals surface area contributed by atoms with Crippen molar-refractivity contribution in [3.05, 3.63) is 79.8 Å². The highest BCUT2D eigenvalue weighted by Crippen LogP contribution is 2.61. The molecule has 3 aromatic rings. The average Bonchev–Trinajstić information content (AvgIpc) is 2.84. The number of carbonyl (C=O) groups excluding carboxylic acids is 1. The monoisotopic (exact) mass is 505 g/mol. The lowest BCUT2D eigenvalue weighted by Crippen LogP contribution is -2.56. The highest BCUT2D eigenvalue weighted by Gasteiger charge is 2.53. The minimum atomic E-state index is -0.710. The maximum Gasteiger partial charge on any atom is 0.317 e. The Morgan fingerprint density at radius 2 is 1.56 bits per heavy atom. The third kappa shape index (κ3) is 4.09. The summed E-state index contributed by atoms with van der Waals surface area (Å²) in [5.41, 5.74) is 0.791. The second-order valence-corrected chi connectivity index (χ2v) is 11.9. The molecule has 0 saturated heterocycles. The van der Waals surface area contributed by atoms with E-state index in [-0.39, 0.29) is 30.5 Å². The third-order valence-electron chi connectivity index (χ3n) is 9.06. The van der Waals surface area contributed by atoms with Gasteiger partial charge in [-0.15, -0.1) is 0 Å². The Morgan fingerprint density at radius 3 is 2.19 bits per heavy atom. The van der Waals surface area contributed by atoms with Crippen molar-refractivity contribution in [1.82, 2.24) is 14.5 Å². The Bertz CT molecular complexity index is 1410. The van der Waals surface area contributed by atoms with Crippen LogP contribution >= 0.6 is 11.6 Å². The van der Waals surface area contributed by atoms with Gasteiger partial charge in [-0.3, -0.25) is 23.5 Å². The molecule has 2 aromatic carbocycles. The van der Waals surface area contributed by atoms with Gasteiger partial charge in [-0.05, 0) is 92.4 Å². The van der Waals surface area contributed by atoms with E-state index < -0.39 is 11.1 Å². The summed E-state index contributed by atoms with van der Waals surface area (Å²) < 4.78 is 2.75. The van der Waals surface area contributed by atoms with E-state index in [0.29, 0.717) is 16.1 Å². The molecule has 4 bridgehead atoms. The smallest absolute Gasteiger partial charge is 0.317 e. The SMILES string of the molecule is C[C@@H](NC(=O)Cn1c(=O)c(=O)n(Cc2ccccc2)c2ccc(Cl)cc21)C12CC3CC(CC(C3)C1)C2. The van der Waals surface area contributed by atoms with E-state index in [1.165, 1.54) is 47.7 Å². The van der Waals surface area contributed by atoms with Gasteiger partial charge < -0.3 is 5.32 Å². The molecule has 0 aliphatic heterocycles. The Balaban J connectivity index is 1.30. The number of hydrogen-bond acceptors (Lipinski definition) is 3. The average molecular weight is 506 g/mol. The Labute approximate surface area is 215 Å². The van der Waals surface area contributed by atoms with Crippen LogP contribution in [0.3, 0.4) is 0 Å². The molecular formula is C29H32ClN3O3. The predicted octanol–water partition coefficient (Wildman–Crippen LogP) is 4.59. The first-order valence-electron chi connectivity index (χ1n) is 13.1. The number of amides is 1. The Hall–Kier alpha value is -2.86. The number of halogens is 1. The van der Waals surface area contributed by atoms with Gasteiger partial charge >= 0.3 is 11.1 Å². The van der Waals surface area contributed by atoms with Crippen LogP contribution in [0.4, 0.5) is 0 Å². The minimum Gasteiger partial charge on any atom is -0.352 e. The summed E-state index contributed by atoms with van der Waals surface area (Å²) in [6.07, 6.45) is 7.61. The number of benzene rings is 2. The van der Waals surface area contributed by atoms with Crippen LogP contribution in [0.2, 0.25) is 5.02 Å². The standard InChI is InChI=1S/C29H32ClN3O3/c1-18(29-13-20-9-21(14-29)11-22(10-20)15-29)31-26(34)17-33-25-12-23(30)7-8-24(25)32(27(35)28(33)36)16-19-5-3-2-4-6-19/h2-8,12,18,20-22H,9-11,13-17H2,1H3,(H,31,34)/t18-,20?,21?,22?,29?/m1/s1. The summed E-state index contributed by atoms with van der Waals surface area (Å²) in [5.74, 6) is 2.14. The summed E-state index contributed by atoms with van der Waals surface area (Å²) >= 11 is 6.29. The summed E-state index contributed by atoms with van der Waals surface area (Å²) in [6.45, 7) is 2.19. The number of rotatable bonds is 6. The van der Waals surface area contributed by atoms with Crippen molar-refractivity contribution < 1.29 is 4.79 Å². The fraction of sp³-hybridized carbons (Fsp3) is 0.483. The lowest BCUT2D eigenvalue weighted by atomic mass is 9.48. The fourth-order valence-electron chi connectivity index (χ4n) is 7.76. The van der Waals surface area contributed by atoms with Crippen LogP contribution in [-0.2, 0) is 17.9 Å². The topological polar surface area (TPSA) is 73.1 Å². The lowest BCUT2D eigenvalue weighted by molar-refractivity contribution is -0.126. The maximum absolute atomic E-state index is 13.3. The molecule has 0 radical (unpaired) electrons. The van der Waals surface area contributed by atoms with Crippen LogP contribution in [0.5, 0.6) is 0 Å². The van der Waals surface area contributed by atoms with Crippen LogP contribution in [-0.4, -0.2) is 21.1 Å². The van der Waals surface area contributed by atoms with E-state index in [4.69, 9.17) is 11.6 Å². The summed E-state index contributed by atoms with van der Waals surface area (Å²) in [7, 11) is 0. The zero-order valence-electron chi connectivity index (χ0n) is 20.6. The molecule has 6 nitrogen and oxygen atoms in total. The van der Waals surface area contributed by atoms with E-state index in [2.05, 4.69) is 12.2 Å². The van der Waals surface area contributed by atoms with Gasteiger partial charge in [-0.1, -0.05) is 41.9 Å². The second-order valence-electron chi connectivity index (χ2n) is 11.5. The van der Waals surface area contributed by atoms with Gasteiger partial charge in [0.15, 0.2) is 0 Å². The van der Waals surface area contributed by atoms with Crippen molar-refractivity contribution in [1.29, 1.82) is 0 Å². The molecule has 1 heterocycles. The van der Waals surface area contributed by atoms with Crippen molar-refractivity contribution in [3.63, 3.8) is 0 Å². The fourth-order valence-corrected chi connectivity index (χ4v) is 7.93. The largest absolute Gasteiger partial charge is 0.352 e. The van der Waals surface area contributed by atoms with Crippen LogP contribution in [0.25, 0.3) is 11.0 Å². The number of carbonyl (C=O) groups is 1. The normalized spacial score (nSPS) is 27.3. The molecule has 4 aliphatic rings. The van der Waals surface area contributed by atoms with Crippen molar-refractivity contribution in [2.45, 2.75) is 64.6 Å². The number of aromatic nitrogens is 2. The highest BCUT2D eigenvalue weighted by molar-refractivity contribution is 6.31. The molecule has 0 unspecified atom stereocenters. The van der Waals surface area contributed by atoms with Crippen molar-refractivity contribution in [3.8, 4) is 0 Å². The summed E-state index contributed by atoms with van der Waals surface area (Å²) in [4.78, 5) is 39.7. The number of hydrogen-bond donors (Lipinski definition) is 1. The van der Waals surface area contributed by atoms with Crippen LogP contribution < -0.4 is 16.4 Å². The van der Waals surface area contributed by atoms with Gasteiger partial charge in [0.05, 0.1) is 17.6 Å². The first-order valence-corrected chi connectivity index (χ1v) is 13.5. The maximum atomic E-state index is 13.3. The molecule has 4 saturated carbocycles. The molecule has 1 amide bonds. The van der Waals surface area contributed by atoms with Crippen molar-refractivity contribution in [2.24, 2.45) is 23.2 Å². The van der Waals surface area contributed by atoms with Crippen LogP contribution in [0.1, 0.15) is 51.0 Å². The van der Waals surface area contributed by atoms with E-state index in [1.807, 2.05) is 30.3 Å². The molecule has 36 heavy (non-hydrogen) atoms. The van der Waals surface area contributed by atoms with Gasteiger partial charge in [0.25, 0.3) is 0 Å². The lowest BCUT2D eigenvalue weighted by Gasteiger charge is -2.59. The molecule has 7 rings (SSSR count). The molecule has 4 fully saturated rings. The van der Waals surface area contributed by atoms with E-state index >= 15 is 0 Å². The number of nitrogens with zero attached hydrogens (tertiary/aromatic N) is 2. The van der Waals surface area contributed by atoms with E-state index in [0.717, 1.165) is 23.3 Å². The number of nitrogens with one attached hydrogen (secondary N) is 1. The van der Waals surface area contributed by atoms with Gasteiger partial charge in [0.2, 0.25) is 5.91 Å². The molecule has 7 heteroatoms. The molecule has 1 N–H and O–H groups in total. The molecule has 1 atom stereocenters. The highest BCUT2D eigenvalue weighted by atomic mass is 35.5. The third-order valence-corrected chi connectivity index (χ3v) is 9.29. The molecular weight excluding hydrogens is 474 g/mol. The number of fused-ring (bicyclic) bond motifs is 1. The Kier molecular flexibility index (Phi) is 5.83. The quantitative estimate of drug-likeness (QED) is 0.498. The summed E-state index contributed by atoms with van der Waals surface area (Å²) in [5, 5.41) is 3.67.